The fourth-order valence-corrected chi connectivity index (χ4v) is 2.53. The SMILES string of the molecule is O=C(Nc1nc(Cl)ccc1O)c1cnn(-c2ccc(Cl)cc2)c1C(F)(F)F. The third-order valence-electron chi connectivity index (χ3n) is 3.43. The summed E-state index contributed by atoms with van der Waals surface area (Å²) in [5.41, 5.74) is -1.98. The van der Waals surface area contributed by atoms with Crippen LogP contribution in [0.15, 0.2) is 42.6 Å². The predicted octanol–water partition coefficient (Wildman–Crippen LogP) is 4.55. The molecule has 0 spiro atoms. The summed E-state index contributed by atoms with van der Waals surface area (Å²) < 4.78 is 41.4. The van der Waals surface area contributed by atoms with Crippen molar-refractivity contribution in [2.24, 2.45) is 0 Å². The van der Waals surface area contributed by atoms with Crippen LogP contribution in [-0.4, -0.2) is 25.8 Å². The van der Waals surface area contributed by atoms with Crippen LogP contribution in [0.1, 0.15) is 16.1 Å². The van der Waals surface area contributed by atoms with E-state index in [2.05, 4.69) is 15.4 Å². The van der Waals surface area contributed by atoms with Gasteiger partial charge in [-0.15, -0.1) is 0 Å². The van der Waals surface area contributed by atoms with Gasteiger partial charge in [-0.2, -0.15) is 18.3 Å². The zero-order valence-corrected chi connectivity index (χ0v) is 14.6. The van der Waals surface area contributed by atoms with E-state index in [1.807, 2.05) is 0 Å². The van der Waals surface area contributed by atoms with Gasteiger partial charge < -0.3 is 10.4 Å². The van der Waals surface area contributed by atoms with Crippen LogP contribution in [-0.2, 0) is 6.18 Å². The van der Waals surface area contributed by atoms with Gasteiger partial charge in [0.15, 0.2) is 17.3 Å². The maximum atomic E-state index is 13.6. The van der Waals surface area contributed by atoms with Gasteiger partial charge in [0.05, 0.1) is 17.4 Å². The second-order valence-electron chi connectivity index (χ2n) is 5.25. The summed E-state index contributed by atoms with van der Waals surface area (Å²) in [5.74, 6) is -1.99. The number of nitrogens with one attached hydrogen (secondary N) is 1. The van der Waals surface area contributed by atoms with E-state index in [0.717, 1.165) is 12.3 Å². The van der Waals surface area contributed by atoms with E-state index < -0.39 is 29.1 Å². The molecule has 0 atom stereocenters. The molecule has 2 heterocycles. The van der Waals surface area contributed by atoms with E-state index in [0.29, 0.717) is 9.70 Å². The van der Waals surface area contributed by atoms with Crippen molar-refractivity contribution in [3.05, 3.63) is 64.0 Å². The first-order chi connectivity index (χ1) is 12.7. The van der Waals surface area contributed by atoms with E-state index in [-0.39, 0.29) is 16.7 Å². The minimum absolute atomic E-state index is 0.0593. The molecule has 27 heavy (non-hydrogen) atoms. The average molecular weight is 417 g/mol. The molecule has 0 aliphatic rings. The van der Waals surface area contributed by atoms with Crippen molar-refractivity contribution >= 4 is 34.9 Å². The summed E-state index contributed by atoms with van der Waals surface area (Å²) in [6.45, 7) is 0. The number of rotatable bonds is 3. The highest BCUT2D eigenvalue weighted by atomic mass is 35.5. The Morgan fingerprint density at radius 2 is 1.78 bits per heavy atom. The normalized spacial score (nSPS) is 11.4. The van der Waals surface area contributed by atoms with Crippen LogP contribution in [0.4, 0.5) is 19.0 Å². The molecule has 6 nitrogen and oxygen atoms in total. The van der Waals surface area contributed by atoms with Crippen molar-refractivity contribution in [1.82, 2.24) is 14.8 Å². The van der Waals surface area contributed by atoms with Crippen molar-refractivity contribution in [2.75, 3.05) is 5.32 Å². The van der Waals surface area contributed by atoms with Crippen LogP contribution >= 0.6 is 23.2 Å². The van der Waals surface area contributed by atoms with E-state index in [1.54, 1.807) is 0 Å². The molecule has 3 rings (SSSR count). The number of carbonyl (C=O) groups excluding carboxylic acids is 1. The molecule has 11 heteroatoms. The molecule has 3 aromatic rings. The largest absolute Gasteiger partial charge is 0.504 e. The first-order valence-electron chi connectivity index (χ1n) is 7.25. The van der Waals surface area contributed by atoms with Crippen molar-refractivity contribution in [3.63, 3.8) is 0 Å². The lowest BCUT2D eigenvalue weighted by molar-refractivity contribution is -0.143. The Morgan fingerprint density at radius 1 is 1.11 bits per heavy atom. The molecule has 0 saturated heterocycles. The van der Waals surface area contributed by atoms with Crippen LogP contribution in [0.2, 0.25) is 10.2 Å². The summed E-state index contributed by atoms with van der Waals surface area (Å²) in [5, 5.41) is 15.7. The van der Waals surface area contributed by atoms with Gasteiger partial charge >= 0.3 is 6.18 Å². The van der Waals surface area contributed by atoms with Crippen LogP contribution in [0, 0.1) is 0 Å². The van der Waals surface area contributed by atoms with Gasteiger partial charge in [-0.1, -0.05) is 23.2 Å². The summed E-state index contributed by atoms with van der Waals surface area (Å²) in [7, 11) is 0. The lowest BCUT2D eigenvalue weighted by atomic mass is 10.2. The van der Waals surface area contributed by atoms with Gasteiger partial charge in [0.1, 0.15) is 5.15 Å². The maximum absolute atomic E-state index is 13.6. The Bertz CT molecular complexity index is 1000. The maximum Gasteiger partial charge on any atom is 0.434 e. The molecule has 0 unspecified atom stereocenters. The molecular weight excluding hydrogens is 408 g/mol. The van der Waals surface area contributed by atoms with Crippen molar-refractivity contribution < 1.29 is 23.1 Å². The zero-order chi connectivity index (χ0) is 19.8. The molecule has 140 valence electrons. The number of hydrogen-bond donors (Lipinski definition) is 2. The van der Waals surface area contributed by atoms with E-state index in [1.165, 1.54) is 30.3 Å². The summed E-state index contributed by atoms with van der Waals surface area (Å²) >= 11 is 11.4. The van der Waals surface area contributed by atoms with Crippen molar-refractivity contribution in [3.8, 4) is 11.4 Å². The molecule has 2 N–H and O–H groups in total. The Hall–Kier alpha value is -2.78. The Morgan fingerprint density at radius 3 is 2.41 bits per heavy atom. The molecule has 1 aromatic carbocycles. The molecule has 0 fully saturated rings. The number of carbonyl (C=O) groups is 1. The predicted molar refractivity (Wildman–Crippen MR) is 92.4 cm³/mol. The molecule has 0 radical (unpaired) electrons. The smallest absolute Gasteiger partial charge is 0.434 e. The number of anilines is 1. The van der Waals surface area contributed by atoms with E-state index in [4.69, 9.17) is 23.2 Å². The number of halogens is 5. The minimum Gasteiger partial charge on any atom is -0.504 e. The topological polar surface area (TPSA) is 80.0 Å². The Labute approximate surface area is 160 Å². The highest BCUT2D eigenvalue weighted by molar-refractivity contribution is 6.30. The van der Waals surface area contributed by atoms with Gasteiger partial charge in [-0.3, -0.25) is 4.79 Å². The lowest BCUT2D eigenvalue weighted by Gasteiger charge is -2.13. The second kappa shape index (κ2) is 7.09. The standard InChI is InChI=1S/C16H9Cl2F3N4O2/c17-8-1-3-9(4-2-8)25-13(16(19,20)21)10(7-22-25)15(27)24-14-11(26)5-6-12(18)23-14/h1-7,26H,(H,23,24,27). The highest BCUT2D eigenvalue weighted by Gasteiger charge is 2.40. The quantitative estimate of drug-likeness (QED) is 0.613. The van der Waals surface area contributed by atoms with Gasteiger partial charge in [-0.25, -0.2) is 9.67 Å². The number of aromatic hydroxyl groups is 1. The summed E-state index contributed by atoms with van der Waals surface area (Å²) in [6, 6.07) is 7.85. The van der Waals surface area contributed by atoms with E-state index >= 15 is 0 Å². The fraction of sp³-hybridized carbons (Fsp3) is 0.0625. The number of amides is 1. The van der Waals surface area contributed by atoms with Gasteiger partial charge in [0, 0.05) is 5.02 Å². The Balaban J connectivity index is 2.04. The lowest BCUT2D eigenvalue weighted by Crippen LogP contribution is -2.21. The van der Waals surface area contributed by atoms with Gasteiger partial charge in [0.2, 0.25) is 0 Å². The average Bonchev–Trinajstić information content (AvgIpc) is 3.04. The zero-order valence-electron chi connectivity index (χ0n) is 13.1. The number of aromatic nitrogens is 3. The van der Waals surface area contributed by atoms with Gasteiger partial charge in [-0.05, 0) is 36.4 Å². The fourth-order valence-electron chi connectivity index (χ4n) is 2.26. The molecule has 1 amide bonds. The minimum atomic E-state index is -4.88. The molecule has 0 aliphatic carbocycles. The number of benzene rings is 1. The number of hydrogen-bond acceptors (Lipinski definition) is 4. The van der Waals surface area contributed by atoms with Crippen LogP contribution in [0.25, 0.3) is 5.69 Å². The molecule has 0 aliphatic heterocycles. The molecular formula is C16H9Cl2F3N4O2. The first-order valence-corrected chi connectivity index (χ1v) is 8.00. The monoisotopic (exact) mass is 416 g/mol. The molecule has 0 bridgehead atoms. The number of nitrogens with zero attached hydrogens (tertiary/aromatic N) is 3. The van der Waals surface area contributed by atoms with E-state index in [9.17, 15) is 23.1 Å². The third kappa shape index (κ3) is 3.99. The summed E-state index contributed by atoms with van der Waals surface area (Å²) in [4.78, 5) is 16.0. The van der Waals surface area contributed by atoms with Crippen LogP contribution < -0.4 is 5.32 Å². The number of alkyl halides is 3. The Kier molecular flexibility index (Phi) is 4.99. The highest BCUT2D eigenvalue weighted by Crippen LogP contribution is 2.34. The van der Waals surface area contributed by atoms with Crippen LogP contribution in [0.5, 0.6) is 5.75 Å². The third-order valence-corrected chi connectivity index (χ3v) is 3.89. The van der Waals surface area contributed by atoms with Crippen molar-refractivity contribution in [2.45, 2.75) is 6.18 Å². The van der Waals surface area contributed by atoms with Crippen molar-refractivity contribution in [1.29, 1.82) is 0 Å². The number of pyridine rings is 1. The first kappa shape index (κ1) is 19.0. The summed E-state index contributed by atoms with van der Waals surface area (Å²) in [6.07, 6.45) is -4.11. The van der Waals surface area contributed by atoms with Gasteiger partial charge in [0.25, 0.3) is 5.91 Å². The molecule has 2 aromatic heterocycles. The molecule has 0 saturated carbocycles. The van der Waals surface area contributed by atoms with Crippen LogP contribution in [0.3, 0.4) is 0 Å². The second-order valence-corrected chi connectivity index (χ2v) is 6.07.